The third kappa shape index (κ3) is 1.57. The summed E-state index contributed by atoms with van der Waals surface area (Å²) in [4.78, 5) is 22.5. The number of thiophene rings is 1. The molecule has 1 aliphatic rings. The van der Waals surface area contributed by atoms with Crippen molar-refractivity contribution >= 4 is 23.1 Å². The molecule has 1 heterocycles. The number of Topliss-reactive ketones (excluding diaryl/α,β-unsaturated/α-hetero) is 1. The summed E-state index contributed by atoms with van der Waals surface area (Å²) in [6, 6.07) is 1.48. The lowest BCUT2D eigenvalue weighted by atomic mass is 9.80. The molecule has 0 bridgehead atoms. The van der Waals surface area contributed by atoms with Crippen LogP contribution >= 0.6 is 11.3 Å². The van der Waals surface area contributed by atoms with E-state index >= 15 is 0 Å². The molecular weight excluding hydrogens is 200 g/mol. The van der Waals surface area contributed by atoms with Gasteiger partial charge in [-0.05, 0) is 18.9 Å². The Morgan fingerprint density at radius 3 is 2.57 bits per heavy atom. The van der Waals surface area contributed by atoms with Gasteiger partial charge in [0.1, 0.15) is 4.88 Å². The molecule has 1 fully saturated rings. The van der Waals surface area contributed by atoms with Crippen LogP contribution in [0, 0.1) is 5.92 Å². The predicted octanol–water partition coefficient (Wildman–Crippen LogP) is 2.43. The van der Waals surface area contributed by atoms with Crippen molar-refractivity contribution in [3.63, 3.8) is 0 Å². The molecule has 4 heteroatoms. The summed E-state index contributed by atoms with van der Waals surface area (Å²) in [5.74, 6) is -0.700. The van der Waals surface area contributed by atoms with E-state index in [1.54, 1.807) is 5.38 Å². The maximum absolute atomic E-state index is 11.7. The van der Waals surface area contributed by atoms with Gasteiger partial charge in [0, 0.05) is 16.9 Å². The number of carboxylic acid groups (broad SMARTS) is 1. The minimum absolute atomic E-state index is 0.111. The van der Waals surface area contributed by atoms with Crippen molar-refractivity contribution in [3.05, 3.63) is 21.9 Å². The normalized spacial score (nSPS) is 16.3. The van der Waals surface area contributed by atoms with Crippen LogP contribution in [0.25, 0.3) is 0 Å². The zero-order valence-electron chi connectivity index (χ0n) is 7.53. The van der Waals surface area contributed by atoms with Crippen molar-refractivity contribution in [3.8, 4) is 0 Å². The van der Waals surface area contributed by atoms with Crippen molar-refractivity contribution in [1.82, 2.24) is 0 Å². The van der Waals surface area contributed by atoms with Gasteiger partial charge in [0.2, 0.25) is 0 Å². The molecule has 0 saturated heterocycles. The van der Waals surface area contributed by atoms with E-state index in [1.807, 2.05) is 0 Å². The number of hydrogen-bond donors (Lipinski definition) is 1. The van der Waals surface area contributed by atoms with Crippen LogP contribution in [0.1, 0.15) is 39.3 Å². The second kappa shape index (κ2) is 3.53. The highest BCUT2D eigenvalue weighted by atomic mass is 32.1. The third-order valence-electron chi connectivity index (χ3n) is 2.57. The van der Waals surface area contributed by atoms with E-state index in [-0.39, 0.29) is 16.6 Å². The largest absolute Gasteiger partial charge is 0.477 e. The Morgan fingerprint density at radius 1 is 1.43 bits per heavy atom. The fraction of sp³-hybridized carbons (Fsp3) is 0.400. The fourth-order valence-electron chi connectivity index (χ4n) is 1.48. The van der Waals surface area contributed by atoms with E-state index in [9.17, 15) is 9.59 Å². The molecular formula is C10H10O3S. The van der Waals surface area contributed by atoms with Crippen LogP contribution in [-0.4, -0.2) is 16.9 Å². The van der Waals surface area contributed by atoms with Crippen molar-refractivity contribution in [1.29, 1.82) is 0 Å². The van der Waals surface area contributed by atoms with Gasteiger partial charge in [-0.3, -0.25) is 4.79 Å². The topological polar surface area (TPSA) is 54.4 Å². The van der Waals surface area contributed by atoms with Crippen LogP contribution < -0.4 is 0 Å². The molecule has 0 aliphatic heterocycles. The summed E-state index contributed by atoms with van der Waals surface area (Å²) < 4.78 is 0. The van der Waals surface area contributed by atoms with Crippen molar-refractivity contribution in [2.24, 2.45) is 5.92 Å². The van der Waals surface area contributed by atoms with E-state index in [0.29, 0.717) is 5.56 Å². The highest BCUT2D eigenvalue weighted by Crippen LogP contribution is 2.31. The molecule has 14 heavy (non-hydrogen) atoms. The molecule has 3 nitrogen and oxygen atoms in total. The van der Waals surface area contributed by atoms with Crippen LogP contribution in [0.3, 0.4) is 0 Å². The first kappa shape index (κ1) is 9.40. The third-order valence-corrected chi connectivity index (χ3v) is 3.49. The Balaban J connectivity index is 2.15. The van der Waals surface area contributed by atoms with Gasteiger partial charge < -0.3 is 5.11 Å². The van der Waals surface area contributed by atoms with Crippen LogP contribution in [-0.2, 0) is 0 Å². The van der Waals surface area contributed by atoms with Gasteiger partial charge in [-0.15, -0.1) is 11.3 Å². The molecule has 2 rings (SSSR count). The first-order valence-corrected chi connectivity index (χ1v) is 5.42. The quantitative estimate of drug-likeness (QED) is 0.779. The zero-order valence-corrected chi connectivity index (χ0v) is 8.34. The second-order valence-corrected chi connectivity index (χ2v) is 4.41. The van der Waals surface area contributed by atoms with Gasteiger partial charge in [0.15, 0.2) is 5.78 Å². The summed E-state index contributed by atoms with van der Waals surface area (Å²) in [6.45, 7) is 0. The highest BCUT2D eigenvalue weighted by molar-refractivity contribution is 7.12. The Hall–Kier alpha value is -1.16. The molecule has 74 valence electrons. The van der Waals surface area contributed by atoms with Gasteiger partial charge in [-0.25, -0.2) is 4.79 Å². The van der Waals surface area contributed by atoms with Gasteiger partial charge in [-0.2, -0.15) is 0 Å². The lowest BCUT2D eigenvalue weighted by molar-refractivity contribution is 0.0702. The zero-order chi connectivity index (χ0) is 10.1. The molecule has 0 amide bonds. The highest BCUT2D eigenvalue weighted by Gasteiger charge is 2.27. The predicted molar refractivity (Wildman–Crippen MR) is 52.9 cm³/mol. The molecule has 0 radical (unpaired) electrons. The lowest BCUT2D eigenvalue weighted by Gasteiger charge is -2.23. The monoisotopic (exact) mass is 210 g/mol. The van der Waals surface area contributed by atoms with E-state index in [4.69, 9.17) is 5.11 Å². The maximum Gasteiger partial charge on any atom is 0.345 e. The van der Waals surface area contributed by atoms with Crippen LogP contribution in [0.5, 0.6) is 0 Å². The Labute approximate surface area is 85.4 Å². The standard InChI is InChI=1S/C10H10O3S/c11-9(6-2-1-3-6)7-4-8(10(12)13)14-5-7/h4-6H,1-3H2,(H,12,13). The number of carboxylic acids is 1. The number of ketones is 1. The number of carbonyl (C=O) groups is 2. The average Bonchev–Trinajstić information content (AvgIpc) is 2.48. The van der Waals surface area contributed by atoms with Crippen LogP contribution in [0.2, 0.25) is 0 Å². The van der Waals surface area contributed by atoms with Crippen molar-refractivity contribution in [2.75, 3.05) is 0 Å². The first-order valence-electron chi connectivity index (χ1n) is 4.54. The Morgan fingerprint density at radius 2 is 2.14 bits per heavy atom. The van der Waals surface area contributed by atoms with Gasteiger partial charge >= 0.3 is 5.97 Å². The fourth-order valence-corrected chi connectivity index (χ4v) is 2.22. The van der Waals surface area contributed by atoms with E-state index in [1.165, 1.54) is 6.07 Å². The van der Waals surface area contributed by atoms with Gasteiger partial charge in [0.25, 0.3) is 0 Å². The van der Waals surface area contributed by atoms with Gasteiger partial charge in [-0.1, -0.05) is 6.42 Å². The molecule has 0 atom stereocenters. The second-order valence-electron chi connectivity index (χ2n) is 3.50. The molecule has 1 aliphatic carbocycles. The molecule has 0 spiro atoms. The number of aromatic carboxylic acids is 1. The minimum Gasteiger partial charge on any atom is -0.477 e. The van der Waals surface area contributed by atoms with Gasteiger partial charge in [0.05, 0.1) is 0 Å². The summed E-state index contributed by atoms with van der Waals surface area (Å²) in [6.07, 6.45) is 3.03. The van der Waals surface area contributed by atoms with Crippen molar-refractivity contribution in [2.45, 2.75) is 19.3 Å². The summed E-state index contributed by atoms with van der Waals surface area (Å²) in [5.41, 5.74) is 0.567. The summed E-state index contributed by atoms with van der Waals surface area (Å²) in [5, 5.41) is 10.3. The lowest BCUT2D eigenvalue weighted by Crippen LogP contribution is -2.21. The number of rotatable bonds is 3. The smallest absolute Gasteiger partial charge is 0.345 e. The Bertz CT molecular complexity index is 376. The minimum atomic E-state index is -0.956. The number of carbonyl (C=O) groups excluding carboxylic acids is 1. The molecule has 1 aromatic heterocycles. The first-order chi connectivity index (χ1) is 6.68. The summed E-state index contributed by atoms with van der Waals surface area (Å²) >= 11 is 1.12. The average molecular weight is 210 g/mol. The van der Waals surface area contributed by atoms with Crippen molar-refractivity contribution < 1.29 is 14.7 Å². The molecule has 1 saturated carbocycles. The summed E-state index contributed by atoms with van der Waals surface area (Å²) in [7, 11) is 0. The van der Waals surface area contributed by atoms with Crippen LogP contribution in [0.15, 0.2) is 11.4 Å². The van der Waals surface area contributed by atoms with E-state index in [0.717, 1.165) is 30.6 Å². The van der Waals surface area contributed by atoms with Crippen LogP contribution in [0.4, 0.5) is 0 Å². The van der Waals surface area contributed by atoms with E-state index in [2.05, 4.69) is 0 Å². The maximum atomic E-state index is 11.7. The molecule has 1 N–H and O–H groups in total. The molecule has 0 unspecified atom stereocenters. The molecule has 1 aromatic rings. The SMILES string of the molecule is O=C(O)c1cc(C(=O)C2CCC2)cs1. The molecule has 0 aromatic carbocycles. The Kier molecular flexibility index (Phi) is 2.37. The van der Waals surface area contributed by atoms with E-state index < -0.39 is 5.97 Å². The number of hydrogen-bond acceptors (Lipinski definition) is 3.